The lowest BCUT2D eigenvalue weighted by Gasteiger charge is -2.38. The van der Waals surface area contributed by atoms with Crippen LogP contribution in [-0.2, 0) is 21.0 Å². The van der Waals surface area contributed by atoms with Crippen LogP contribution < -0.4 is 15.4 Å². The predicted octanol–water partition coefficient (Wildman–Crippen LogP) is 2.50. The lowest BCUT2D eigenvalue weighted by molar-refractivity contribution is -0.137. The number of nitrogens with two attached hydrogens (primary N) is 1. The van der Waals surface area contributed by atoms with Crippen molar-refractivity contribution in [2.75, 3.05) is 36.4 Å². The number of carbonyl (C=O) groups excluding carboxylic acids is 1. The Bertz CT molecular complexity index is 1050. The fraction of sp³-hybridized carbons (Fsp3) is 0.350. The summed E-state index contributed by atoms with van der Waals surface area (Å²) in [6.45, 7) is 3.64. The standard InChI is InChI=1S/C20H23F3N4O3S/c1-14(19(28)25-16-5-3-7-18(13-16)31(24,29)30)26-8-10-27(11-9-26)17-6-2-4-15(12-17)20(21,22)23/h2-7,12-14H,8-11H2,1H3,(H,25,28)(H2,24,29,30). The second kappa shape index (κ2) is 8.85. The van der Waals surface area contributed by atoms with Gasteiger partial charge in [0.2, 0.25) is 15.9 Å². The van der Waals surface area contributed by atoms with Crippen LogP contribution in [0.3, 0.4) is 0 Å². The van der Waals surface area contributed by atoms with Gasteiger partial charge in [-0.15, -0.1) is 0 Å². The maximum atomic E-state index is 12.9. The van der Waals surface area contributed by atoms with Crippen molar-refractivity contribution in [2.24, 2.45) is 5.14 Å². The largest absolute Gasteiger partial charge is 0.416 e. The Hall–Kier alpha value is -2.63. The van der Waals surface area contributed by atoms with E-state index < -0.39 is 27.8 Å². The van der Waals surface area contributed by atoms with Crippen molar-refractivity contribution in [1.82, 2.24) is 4.90 Å². The minimum absolute atomic E-state index is 0.104. The number of benzene rings is 2. The van der Waals surface area contributed by atoms with Crippen molar-refractivity contribution in [3.05, 3.63) is 54.1 Å². The van der Waals surface area contributed by atoms with Gasteiger partial charge in [0.05, 0.1) is 16.5 Å². The van der Waals surface area contributed by atoms with Gasteiger partial charge in [0.1, 0.15) is 0 Å². The summed E-state index contributed by atoms with van der Waals surface area (Å²) in [5.41, 5.74) is 0.110. The number of rotatable bonds is 5. The van der Waals surface area contributed by atoms with E-state index in [2.05, 4.69) is 5.32 Å². The molecule has 0 aromatic heterocycles. The van der Waals surface area contributed by atoms with Crippen LogP contribution in [0.15, 0.2) is 53.4 Å². The molecule has 7 nitrogen and oxygen atoms in total. The summed E-state index contributed by atoms with van der Waals surface area (Å²) in [5, 5.41) is 7.79. The van der Waals surface area contributed by atoms with E-state index in [-0.39, 0.29) is 10.8 Å². The lowest BCUT2D eigenvalue weighted by atomic mass is 10.1. The van der Waals surface area contributed by atoms with Gasteiger partial charge in [0.25, 0.3) is 0 Å². The smallest absolute Gasteiger partial charge is 0.369 e. The van der Waals surface area contributed by atoms with Gasteiger partial charge in [-0.25, -0.2) is 13.6 Å². The maximum absolute atomic E-state index is 12.9. The number of alkyl halides is 3. The molecule has 1 aliphatic heterocycles. The van der Waals surface area contributed by atoms with Crippen molar-refractivity contribution in [3.8, 4) is 0 Å². The third kappa shape index (κ3) is 5.75. The molecule has 168 valence electrons. The highest BCUT2D eigenvalue weighted by Gasteiger charge is 2.31. The lowest BCUT2D eigenvalue weighted by Crippen LogP contribution is -2.52. The summed E-state index contributed by atoms with van der Waals surface area (Å²) in [6.07, 6.45) is -4.40. The van der Waals surface area contributed by atoms with Crippen LogP contribution in [0.25, 0.3) is 0 Å². The first-order chi connectivity index (χ1) is 14.4. The van der Waals surface area contributed by atoms with E-state index in [1.165, 1.54) is 24.3 Å². The van der Waals surface area contributed by atoms with Crippen molar-refractivity contribution >= 4 is 27.3 Å². The van der Waals surface area contributed by atoms with Crippen LogP contribution in [-0.4, -0.2) is 51.4 Å². The average molecular weight is 456 g/mol. The molecule has 0 saturated carbocycles. The number of piperazine rings is 1. The van der Waals surface area contributed by atoms with E-state index >= 15 is 0 Å². The SMILES string of the molecule is CC(C(=O)Nc1cccc(S(N)(=O)=O)c1)N1CCN(c2cccc(C(F)(F)F)c2)CC1. The highest BCUT2D eigenvalue weighted by atomic mass is 32.2. The maximum Gasteiger partial charge on any atom is 0.416 e. The third-order valence-corrected chi connectivity index (χ3v) is 6.12. The van der Waals surface area contributed by atoms with Crippen LogP contribution in [0, 0.1) is 0 Å². The Balaban J connectivity index is 1.60. The molecule has 11 heteroatoms. The van der Waals surface area contributed by atoms with Crippen molar-refractivity contribution in [3.63, 3.8) is 0 Å². The molecule has 1 amide bonds. The Morgan fingerprint density at radius 3 is 2.32 bits per heavy atom. The summed E-state index contributed by atoms with van der Waals surface area (Å²) in [6, 6.07) is 10.3. The number of anilines is 2. The summed E-state index contributed by atoms with van der Waals surface area (Å²) in [4.78, 5) is 16.3. The number of halogens is 3. The molecule has 2 aromatic rings. The molecule has 1 saturated heterocycles. The van der Waals surface area contributed by atoms with Gasteiger partial charge in [-0.05, 0) is 43.3 Å². The molecule has 2 aromatic carbocycles. The summed E-state index contributed by atoms with van der Waals surface area (Å²) < 4.78 is 61.8. The highest BCUT2D eigenvalue weighted by molar-refractivity contribution is 7.89. The highest BCUT2D eigenvalue weighted by Crippen LogP contribution is 2.32. The molecule has 0 bridgehead atoms. The average Bonchev–Trinajstić information content (AvgIpc) is 2.72. The molecule has 1 atom stereocenters. The van der Waals surface area contributed by atoms with Crippen molar-refractivity contribution in [1.29, 1.82) is 0 Å². The molecule has 0 spiro atoms. The van der Waals surface area contributed by atoms with E-state index in [1.54, 1.807) is 19.1 Å². The number of hydrogen-bond donors (Lipinski definition) is 2. The number of amides is 1. The van der Waals surface area contributed by atoms with Gasteiger partial charge >= 0.3 is 6.18 Å². The molecule has 1 unspecified atom stereocenters. The Morgan fingerprint density at radius 2 is 1.71 bits per heavy atom. The second-order valence-corrected chi connectivity index (χ2v) is 8.87. The molecule has 3 rings (SSSR count). The molecule has 1 heterocycles. The summed E-state index contributed by atoms with van der Waals surface area (Å²) in [7, 11) is -3.88. The summed E-state index contributed by atoms with van der Waals surface area (Å²) in [5.74, 6) is -0.320. The first-order valence-corrected chi connectivity index (χ1v) is 11.1. The van der Waals surface area contributed by atoms with Gasteiger partial charge < -0.3 is 10.2 Å². The van der Waals surface area contributed by atoms with Gasteiger partial charge in [-0.3, -0.25) is 9.69 Å². The van der Waals surface area contributed by atoms with Gasteiger partial charge in [-0.2, -0.15) is 13.2 Å². The number of nitrogens with one attached hydrogen (secondary N) is 1. The molecule has 0 aliphatic carbocycles. The monoisotopic (exact) mass is 456 g/mol. The summed E-state index contributed by atoms with van der Waals surface area (Å²) >= 11 is 0. The Kier molecular flexibility index (Phi) is 6.58. The topological polar surface area (TPSA) is 95.7 Å². The number of sulfonamides is 1. The van der Waals surface area contributed by atoms with E-state index in [4.69, 9.17) is 5.14 Å². The Morgan fingerprint density at radius 1 is 1.06 bits per heavy atom. The molecule has 31 heavy (non-hydrogen) atoms. The zero-order valence-electron chi connectivity index (χ0n) is 16.8. The first kappa shape index (κ1) is 23.0. The van der Waals surface area contributed by atoms with Gasteiger partial charge in [0, 0.05) is 37.6 Å². The molecular weight excluding hydrogens is 433 g/mol. The molecule has 3 N–H and O–H groups in total. The van der Waals surface area contributed by atoms with Crippen LogP contribution in [0.4, 0.5) is 24.5 Å². The van der Waals surface area contributed by atoms with E-state index in [0.717, 1.165) is 12.1 Å². The van der Waals surface area contributed by atoms with Crippen molar-refractivity contribution < 1.29 is 26.4 Å². The van der Waals surface area contributed by atoms with E-state index in [0.29, 0.717) is 37.6 Å². The van der Waals surface area contributed by atoms with Crippen molar-refractivity contribution in [2.45, 2.75) is 24.0 Å². The molecule has 0 radical (unpaired) electrons. The van der Waals surface area contributed by atoms with Crippen LogP contribution in [0.5, 0.6) is 0 Å². The molecule has 1 fully saturated rings. The van der Waals surface area contributed by atoms with E-state index in [1.807, 2.05) is 9.80 Å². The number of primary sulfonamides is 1. The second-order valence-electron chi connectivity index (χ2n) is 7.31. The van der Waals surface area contributed by atoms with Crippen LogP contribution >= 0.6 is 0 Å². The normalized spacial score (nSPS) is 16.7. The molecular formula is C20H23F3N4O3S. The number of hydrogen-bond acceptors (Lipinski definition) is 5. The van der Waals surface area contributed by atoms with Crippen LogP contribution in [0.1, 0.15) is 12.5 Å². The minimum Gasteiger partial charge on any atom is -0.369 e. The molecule has 1 aliphatic rings. The first-order valence-electron chi connectivity index (χ1n) is 9.55. The third-order valence-electron chi connectivity index (χ3n) is 5.21. The number of nitrogens with zero attached hydrogens (tertiary/aromatic N) is 2. The van der Waals surface area contributed by atoms with Gasteiger partial charge in [-0.1, -0.05) is 12.1 Å². The Labute approximate surface area is 178 Å². The van der Waals surface area contributed by atoms with Gasteiger partial charge in [0.15, 0.2) is 0 Å². The quantitative estimate of drug-likeness (QED) is 0.721. The van der Waals surface area contributed by atoms with Crippen LogP contribution in [0.2, 0.25) is 0 Å². The number of carbonyl (C=O) groups is 1. The fourth-order valence-electron chi connectivity index (χ4n) is 3.41. The fourth-order valence-corrected chi connectivity index (χ4v) is 3.97. The van der Waals surface area contributed by atoms with E-state index in [9.17, 15) is 26.4 Å². The zero-order valence-corrected chi connectivity index (χ0v) is 17.6. The zero-order chi connectivity index (χ0) is 22.8. The predicted molar refractivity (Wildman–Crippen MR) is 111 cm³/mol. The minimum atomic E-state index is -4.40.